The highest BCUT2D eigenvalue weighted by Crippen LogP contribution is 2.19. The van der Waals surface area contributed by atoms with Gasteiger partial charge in [0.2, 0.25) is 0 Å². The fourth-order valence-electron chi connectivity index (χ4n) is 1.92. The molecule has 0 aliphatic carbocycles. The van der Waals surface area contributed by atoms with Gasteiger partial charge in [0, 0.05) is 19.3 Å². The number of hydrogen-bond donors (Lipinski definition) is 2. The van der Waals surface area contributed by atoms with Crippen molar-refractivity contribution in [2.24, 2.45) is 12.5 Å². The highest BCUT2D eigenvalue weighted by Gasteiger charge is 2.12. The number of aryl methyl sites for hydroxylation is 2. The van der Waals surface area contributed by atoms with Gasteiger partial charge in [-0.3, -0.25) is 0 Å². The molecule has 0 aliphatic heterocycles. The van der Waals surface area contributed by atoms with Gasteiger partial charge < -0.3 is 15.2 Å². The quantitative estimate of drug-likeness (QED) is 0.884. The Labute approximate surface area is 119 Å². The number of nitrogens with one attached hydrogen (secondary N) is 2. The van der Waals surface area contributed by atoms with Crippen LogP contribution in [0, 0.1) is 12.3 Å². The van der Waals surface area contributed by atoms with Gasteiger partial charge in [0.15, 0.2) is 0 Å². The number of aromatic nitrogens is 2. The van der Waals surface area contributed by atoms with E-state index in [-0.39, 0.29) is 11.4 Å². The van der Waals surface area contributed by atoms with Gasteiger partial charge in [0.1, 0.15) is 5.82 Å². The van der Waals surface area contributed by atoms with Crippen LogP contribution >= 0.6 is 0 Å². The topological polar surface area (TPSA) is 59.0 Å². The van der Waals surface area contributed by atoms with E-state index >= 15 is 0 Å². The van der Waals surface area contributed by atoms with Crippen LogP contribution in [0.4, 0.5) is 10.5 Å². The monoisotopic (exact) mass is 274 g/mol. The lowest BCUT2D eigenvalue weighted by molar-refractivity contribution is 0.247. The largest absolute Gasteiger partial charge is 0.337 e. The van der Waals surface area contributed by atoms with E-state index < -0.39 is 0 Å². The second kappa shape index (κ2) is 5.15. The summed E-state index contributed by atoms with van der Waals surface area (Å²) in [5, 5.41) is 5.70. The van der Waals surface area contributed by atoms with Crippen molar-refractivity contribution in [3.63, 3.8) is 0 Å². The van der Waals surface area contributed by atoms with E-state index in [2.05, 4.69) is 36.4 Å². The molecule has 0 atom stereocenters. The number of anilines is 1. The third kappa shape index (κ3) is 3.29. The molecule has 0 spiro atoms. The van der Waals surface area contributed by atoms with Crippen LogP contribution in [0.15, 0.2) is 18.2 Å². The van der Waals surface area contributed by atoms with Crippen LogP contribution in [0.25, 0.3) is 11.0 Å². The molecule has 2 aromatic rings. The van der Waals surface area contributed by atoms with Crippen LogP contribution < -0.4 is 10.6 Å². The first kappa shape index (κ1) is 14.4. The molecule has 1 aromatic carbocycles. The number of carbonyl (C=O) groups is 1. The van der Waals surface area contributed by atoms with Crippen LogP contribution in [0.3, 0.4) is 0 Å². The zero-order valence-electron chi connectivity index (χ0n) is 12.7. The smallest absolute Gasteiger partial charge is 0.319 e. The lowest BCUT2D eigenvalue weighted by atomic mass is 9.97. The second-order valence-corrected chi connectivity index (χ2v) is 6.29. The van der Waals surface area contributed by atoms with Crippen molar-refractivity contribution in [2.45, 2.75) is 27.7 Å². The molecular formula is C15H22N4O. The van der Waals surface area contributed by atoms with E-state index in [0.29, 0.717) is 6.54 Å². The first-order valence-corrected chi connectivity index (χ1v) is 6.74. The molecule has 108 valence electrons. The zero-order chi connectivity index (χ0) is 14.9. The first-order chi connectivity index (χ1) is 9.26. The molecule has 0 saturated carbocycles. The SMILES string of the molecule is Cc1nc2cc(NC(=O)NCC(C)(C)C)ccc2n1C. The number of benzene rings is 1. The molecule has 1 aromatic heterocycles. The van der Waals surface area contributed by atoms with Gasteiger partial charge in [0.25, 0.3) is 0 Å². The highest BCUT2D eigenvalue weighted by molar-refractivity contribution is 5.92. The summed E-state index contributed by atoms with van der Waals surface area (Å²) in [7, 11) is 1.98. The number of fused-ring (bicyclic) bond motifs is 1. The van der Waals surface area contributed by atoms with Crippen molar-refractivity contribution in [3.05, 3.63) is 24.0 Å². The number of urea groups is 1. The third-order valence-corrected chi connectivity index (χ3v) is 3.14. The maximum absolute atomic E-state index is 11.8. The van der Waals surface area contributed by atoms with E-state index in [1.54, 1.807) is 0 Å². The van der Waals surface area contributed by atoms with Crippen molar-refractivity contribution in [1.29, 1.82) is 0 Å². The molecule has 5 heteroatoms. The maximum atomic E-state index is 11.8. The molecule has 0 aliphatic rings. The minimum absolute atomic E-state index is 0.0688. The molecule has 20 heavy (non-hydrogen) atoms. The summed E-state index contributed by atoms with van der Waals surface area (Å²) in [6, 6.07) is 5.56. The summed E-state index contributed by atoms with van der Waals surface area (Å²) in [6.07, 6.45) is 0. The number of amides is 2. The summed E-state index contributed by atoms with van der Waals surface area (Å²) >= 11 is 0. The van der Waals surface area contributed by atoms with Crippen LogP contribution in [-0.2, 0) is 7.05 Å². The van der Waals surface area contributed by atoms with Gasteiger partial charge in [-0.15, -0.1) is 0 Å². The Morgan fingerprint density at radius 2 is 2.05 bits per heavy atom. The Bertz CT molecular complexity index is 637. The fourth-order valence-corrected chi connectivity index (χ4v) is 1.92. The van der Waals surface area contributed by atoms with Gasteiger partial charge in [-0.2, -0.15) is 0 Å². The van der Waals surface area contributed by atoms with Gasteiger partial charge in [-0.1, -0.05) is 20.8 Å². The van der Waals surface area contributed by atoms with Crippen LogP contribution in [0.2, 0.25) is 0 Å². The lowest BCUT2D eigenvalue weighted by Crippen LogP contribution is -2.35. The minimum atomic E-state index is -0.188. The van der Waals surface area contributed by atoms with Crippen molar-refractivity contribution in [3.8, 4) is 0 Å². The minimum Gasteiger partial charge on any atom is -0.337 e. The maximum Gasteiger partial charge on any atom is 0.319 e. The molecule has 0 fully saturated rings. The molecule has 0 bridgehead atoms. The summed E-state index contributed by atoms with van der Waals surface area (Å²) in [4.78, 5) is 16.3. The summed E-state index contributed by atoms with van der Waals surface area (Å²) in [6.45, 7) is 8.83. The van der Waals surface area contributed by atoms with Crippen molar-refractivity contribution in [1.82, 2.24) is 14.9 Å². The number of hydrogen-bond acceptors (Lipinski definition) is 2. The first-order valence-electron chi connectivity index (χ1n) is 6.74. The van der Waals surface area contributed by atoms with E-state index in [0.717, 1.165) is 22.5 Å². The average Bonchev–Trinajstić information content (AvgIpc) is 2.61. The van der Waals surface area contributed by atoms with Crippen molar-refractivity contribution < 1.29 is 4.79 Å². The zero-order valence-corrected chi connectivity index (χ0v) is 12.7. The van der Waals surface area contributed by atoms with Gasteiger partial charge in [-0.25, -0.2) is 9.78 Å². The summed E-state index contributed by atoms with van der Waals surface area (Å²) in [5.41, 5.74) is 2.77. The molecule has 0 unspecified atom stereocenters. The van der Waals surface area contributed by atoms with Crippen LogP contribution in [-0.4, -0.2) is 22.1 Å². The Morgan fingerprint density at radius 3 is 2.70 bits per heavy atom. The third-order valence-electron chi connectivity index (χ3n) is 3.14. The number of imidazole rings is 1. The molecular weight excluding hydrogens is 252 g/mol. The van der Waals surface area contributed by atoms with Gasteiger partial charge >= 0.3 is 6.03 Å². The lowest BCUT2D eigenvalue weighted by Gasteiger charge is -2.18. The molecule has 2 rings (SSSR count). The van der Waals surface area contributed by atoms with Crippen molar-refractivity contribution >= 4 is 22.8 Å². The molecule has 2 N–H and O–H groups in total. The summed E-state index contributed by atoms with van der Waals surface area (Å²) in [5.74, 6) is 0.953. The number of rotatable bonds is 2. The summed E-state index contributed by atoms with van der Waals surface area (Å²) < 4.78 is 2.03. The van der Waals surface area contributed by atoms with E-state index in [1.807, 2.05) is 36.7 Å². The van der Waals surface area contributed by atoms with Crippen LogP contribution in [0.5, 0.6) is 0 Å². The van der Waals surface area contributed by atoms with Gasteiger partial charge in [0.05, 0.1) is 11.0 Å². The number of carbonyl (C=O) groups excluding carboxylic acids is 1. The average molecular weight is 274 g/mol. The Hall–Kier alpha value is -2.04. The highest BCUT2D eigenvalue weighted by atomic mass is 16.2. The van der Waals surface area contributed by atoms with E-state index in [4.69, 9.17) is 0 Å². The molecule has 0 saturated heterocycles. The van der Waals surface area contributed by atoms with Crippen molar-refractivity contribution in [2.75, 3.05) is 11.9 Å². The Kier molecular flexibility index (Phi) is 3.70. The fraction of sp³-hybridized carbons (Fsp3) is 0.467. The number of nitrogens with zero attached hydrogens (tertiary/aromatic N) is 2. The molecule has 2 amide bonds. The Balaban J connectivity index is 2.08. The van der Waals surface area contributed by atoms with Gasteiger partial charge in [-0.05, 0) is 30.5 Å². The van der Waals surface area contributed by atoms with Crippen LogP contribution in [0.1, 0.15) is 26.6 Å². The molecule has 5 nitrogen and oxygen atoms in total. The molecule has 0 radical (unpaired) electrons. The molecule has 1 heterocycles. The standard InChI is InChI=1S/C15H22N4O/c1-10-17-12-8-11(6-7-13(12)19(10)5)18-14(20)16-9-15(2,3)4/h6-8H,9H2,1-5H3,(H2,16,18,20). The predicted octanol–water partition coefficient (Wildman–Crippen LogP) is 3.05. The van der Waals surface area contributed by atoms with E-state index in [1.165, 1.54) is 0 Å². The Morgan fingerprint density at radius 1 is 1.35 bits per heavy atom. The predicted molar refractivity (Wildman–Crippen MR) is 81.9 cm³/mol. The second-order valence-electron chi connectivity index (χ2n) is 6.29. The normalized spacial score (nSPS) is 11.7. The van der Waals surface area contributed by atoms with E-state index in [9.17, 15) is 4.79 Å².